The van der Waals surface area contributed by atoms with Crippen molar-refractivity contribution in [3.05, 3.63) is 64.3 Å². The minimum absolute atomic E-state index is 0.158. The summed E-state index contributed by atoms with van der Waals surface area (Å²) < 4.78 is 0. The summed E-state index contributed by atoms with van der Waals surface area (Å²) in [5, 5.41) is 10.4. The van der Waals surface area contributed by atoms with Gasteiger partial charge in [-0.1, -0.05) is 30.3 Å². The zero-order valence-corrected chi connectivity index (χ0v) is 13.3. The summed E-state index contributed by atoms with van der Waals surface area (Å²) in [7, 11) is 0. The van der Waals surface area contributed by atoms with Crippen molar-refractivity contribution < 1.29 is 5.11 Å². The van der Waals surface area contributed by atoms with Crippen molar-refractivity contribution in [3.63, 3.8) is 0 Å². The molecule has 6 heteroatoms. The maximum absolute atomic E-state index is 11.8. The molecule has 3 N–H and O–H groups in total. The van der Waals surface area contributed by atoms with Crippen molar-refractivity contribution >= 4 is 11.0 Å². The number of aliphatic hydroxyl groups excluding tert-OH is 1. The Hall–Kier alpha value is -2.44. The fourth-order valence-corrected chi connectivity index (χ4v) is 3.55. The Bertz CT molecular complexity index is 887. The Balaban J connectivity index is 1.48. The van der Waals surface area contributed by atoms with E-state index in [9.17, 15) is 9.90 Å². The third kappa shape index (κ3) is 2.86. The minimum Gasteiger partial charge on any atom is -0.391 e. The van der Waals surface area contributed by atoms with Gasteiger partial charge in [-0.3, -0.25) is 9.69 Å². The first-order chi connectivity index (χ1) is 11.7. The molecule has 0 radical (unpaired) electrons. The van der Waals surface area contributed by atoms with Gasteiger partial charge in [0.05, 0.1) is 17.9 Å². The molecule has 0 spiro atoms. The average Bonchev–Trinajstić information content (AvgIpc) is 3.14. The lowest BCUT2D eigenvalue weighted by molar-refractivity contribution is 0.141. The van der Waals surface area contributed by atoms with Crippen LogP contribution in [0.15, 0.2) is 47.7 Å². The summed E-state index contributed by atoms with van der Waals surface area (Å²) in [4.78, 5) is 23.8. The van der Waals surface area contributed by atoms with E-state index in [1.54, 1.807) is 0 Å². The number of aromatic amines is 2. The lowest BCUT2D eigenvalue weighted by atomic mass is 9.97. The van der Waals surface area contributed by atoms with Gasteiger partial charge in [-0.25, -0.2) is 4.98 Å². The Labute approximate surface area is 139 Å². The number of benzene rings is 1. The van der Waals surface area contributed by atoms with E-state index < -0.39 is 0 Å². The van der Waals surface area contributed by atoms with Crippen LogP contribution in [0.25, 0.3) is 11.0 Å². The number of likely N-dealkylation sites (tertiary alicyclic amines) is 1. The summed E-state index contributed by atoms with van der Waals surface area (Å²) >= 11 is 0. The molecule has 2 unspecified atom stereocenters. The summed E-state index contributed by atoms with van der Waals surface area (Å²) in [5.74, 6) is 0.231. The number of β-amino-alcohol motifs (C(OH)–C–C–N with tert-alkyl or cyclic N) is 1. The number of H-pyrrole nitrogens is 2. The van der Waals surface area contributed by atoms with Gasteiger partial charge < -0.3 is 15.1 Å². The maximum atomic E-state index is 11.8. The van der Waals surface area contributed by atoms with Crippen molar-refractivity contribution in [1.29, 1.82) is 0 Å². The highest BCUT2D eigenvalue weighted by Crippen LogP contribution is 2.24. The summed E-state index contributed by atoms with van der Waals surface area (Å²) in [5.41, 5.74) is 3.30. The third-order valence-corrected chi connectivity index (χ3v) is 4.76. The van der Waals surface area contributed by atoms with E-state index >= 15 is 0 Å². The second-order valence-electron chi connectivity index (χ2n) is 6.48. The average molecular weight is 324 g/mol. The van der Waals surface area contributed by atoms with Crippen molar-refractivity contribution in [2.75, 3.05) is 13.1 Å². The Kier molecular flexibility index (Phi) is 3.92. The molecule has 1 saturated heterocycles. The molecule has 0 saturated carbocycles. The normalized spacial score (nSPS) is 21.5. The Morgan fingerprint density at radius 3 is 2.88 bits per heavy atom. The lowest BCUT2D eigenvalue weighted by Gasteiger charge is -2.15. The van der Waals surface area contributed by atoms with Gasteiger partial charge >= 0.3 is 0 Å². The smallest absolute Gasteiger partial charge is 0.275 e. The van der Waals surface area contributed by atoms with Crippen molar-refractivity contribution in [2.45, 2.75) is 19.1 Å². The largest absolute Gasteiger partial charge is 0.391 e. The molecule has 1 fully saturated rings. The second-order valence-corrected chi connectivity index (χ2v) is 6.48. The molecule has 3 aromatic rings. The number of fused-ring (bicyclic) bond motifs is 1. The highest BCUT2D eigenvalue weighted by atomic mass is 16.3. The number of hydrogen-bond donors (Lipinski definition) is 3. The minimum atomic E-state index is -0.327. The molecule has 0 bridgehead atoms. The van der Waals surface area contributed by atoms with E-state index in [1.165, 1.54) is 11.9 Å². The molecule has 0 amide bonds. The highest BCUT2D eigenvalue weighted by Gasteiger charge is 2.31. The maximum Gasteiger partial charge on any atom is 0.275 e. The number of aromatic nitrogens is 3. The molecule has 2 aromatic heterocycles. The first-order valence-corrected chi connectivity index (χ1v) is 8.18. The zero-order valence-electron chi connectivity index (χ0n) is 13.3. The zero-order chi connectivity index (χ0) is 16.5. The van der Waals surface area contributed by atoms with Gasteiger partial charge in [0.25, 0.3) is 5.56 Å². The molecule has 3 heterocycles. The quantitative estimate of drug-likeness (QED) is 0.675. The molecule has 24 heavy (non-hydrogen) atoms. The van der Waals surface area contributed by atoms with Crippen LogP contribution in [-0.2, 0) is 13.0 Å². The van der Waals surface area contributed by atoms with Crippen molar-refractivity contribution in [2.24, 2.45) is 5.92 Å². The molecular formula is C18H20N4O2. The molecule has 124 valence electrons. The fraction of sp³-hybridized carbons (Fsp3) is 0.333. The highest BCUT2D eigenvalue weighted by molar-refractivity contribution is 5.77. The molecule has 2 atom stereocenters. The van der Waals surface area contributed by atoms with E-state index in [2.05, 4.69) is 32.0 Å². The Morgan fingerprint density at radius 1 is 1.21 bits per heavy atom. The second kappa shape index (κ2) is 6.22. The number of rotatable bonds is 4. The summed E-state index contributed by atoms with van der Waals surface area (Å²) in [6, 6.07) is 10.3. The van der Waals surface area contributed by atoms with E-state index in [0.717, 1.165) is 18.5 Å². The third-order valence-electron chi connectivity index (χ3n) is 4.76. The van der Waals surface area contributed by atoms with Crippen LogP contribution in [0.5, 0.6) is 0 Å². The number of hydrogen-bond acceptors (Lipinski definition) is 4. The molecule has 1 aromatic carbocycles. The molecule has 0 aliphatic carbocycles. The van der Waals surface area contributed by atoms with E-state index in [1.807, 2.05) is 24.4 Å². The van der Waals surface area contributed by atoms with Crippen LogP contribution in [0, 0.1) is 5.92 Å². The molecular weight excluding hydrogens is 304 g/mol. The van der Waals surface area contributed by atoms with Gasteiger partial charge in [-0.15, -0.1) is 0 Å². The van der Waals surface area contributed by atoms with Crippen LogP contribution in [0.2, 0.25) is 0 Å². The predicted molar refractivity (Wildman–Crippen MR) is 91.6 cm³/mol. The van der Waals surface area contributed by atoms with Crippen LogP contribution in [0.4, 0.5) is 0 Å². The first-order valence-electron chi connectivity index (χ1n) is 8.18. The van der Waals surface area contributed by atoms with Crippen LogP contribution in [-0.4, -0.2) is 44.2 Å². The Morgan fingerprint density at radius 2 is 2.04 bits per heavy atom. The molecule has 1 aliphatic rings. The molecule has 1 aliphatic heterocycles. The molecule has 4 rings (SSSR count). The van der Waals surface area contributed by atoms with Crippen LogP contribution >= 0.6 is 0 Å². The molecule has 6 nitrogen and oxygen atoms in total. The van der Waals surface area contributed by atoms with Crippen LogP contribution in [0.1, 0.15) is 11.1 Å². The first kappa shape index (κ1) is 15.1. The predicted octanol–water partition coefficient (Wildman–Crippen LogP) is 1.29. The van der Waals surface area contributed by atoms with E-state index in [4.69, 9.17) is 0 Å². The monoisotopic (exact) mass is 324 g/mol. The van der Waals surface area contributed by atoms with Crippen LogP contribution < -0.4 is 5.56 Å². The van der Waals surface area contributed by atoms with Gasteiger partial charge in [0, 0.05) is 37.3 Å². The van der Waals surface area contributed by atoms with Crippen molar-refractivity contribution in [3.8, 4) is 0 Å². The van der Waals surface area contributed by atoms with Gasteiger partial charge in [0.1, 0.15) is 5.52 Å². The van der Waals surface area contributed by atoms with E-state index in [-0.39, 0.29) is 17.6 Å². The van der Waals surface area contributed by atoms with Gasteiger partial charge in [-0.2, -0.15) is 0 Å². The number of nitrogens with zero attached hydrogens (tertiary/aromatic N) is 2. The summed E-state index contributed by atoms with van der Waals surface area (Å²) in [6.07, 6.45) is 3.82. The topological polar surface area (TPSA) is 85.0 Å². The van der Waals surface area contributed by atoms with Crippen LogP contribution in [0.3, 0.4) is 0 Å². The van der Waals surface area contributed by atoms with Crippen molar-refractivity contribution in [1.82, 2.24) is 19.9 Å². The summed E-state index contributed by atoms with van der Waals surface area (Å²) in [6.45, 7) is 2.16. The fourth-order valence-electron chi connectivity index (χ4n) is 3.55. The number of aliphatic hydroxyl groups is 1. The van der Waals surface area contributed by atoms with Gasteiger partial charge in [0.2, 0.25) is 0 Å². The number of nitrogens with one attached hydrogen (secondary N) is 2. The van der Waals surface area contributed by atoms with E-state index in [0.29, 0.717) is 24.1 Å². The SMILES string of the molecule is O=c1[nH]cnc2c(CN3CC(O)C(Cc4ccccc4)C3)c[nH]c12. The van der Waals surface area contributed by atoms with Gasteiger partial charge in [-0.05, 0) is 12.0 Å². The standard InChI is InChI=1S/C18H20N4O2/c23-15-10-22(8-13(15)6-12-4-2-1-3-5-12)9-14-7-19-17-16(14)20-11-21-18(17)24/h1-5,7,11,13,15,19,23H,6,8-10H2,(H,20,21,24). The van der Waals surface area contributed by atoms with Gasteiger partial charge in [0.15, 0.2) is 0 Å². The lowest BCUT2D eigenvalue weighted by Crippen LogP contribution is -2.21.